The molecule has 1 atom stereocenters. The Bertz CT molecular complexity index is 1300. The Hall–Kier alpha value is -3.33. The number of allylic oxidation sites excluding steroid dienone is 3. The van der Waals surface area contributed by atoms with E-state index in [1.54, 1.807) is 0 Å². The quantitative estimate of drug-likeness (QED) is 0.559. The van der Waals surface area contributed by atoms with Crippen LogP contribution < -0.4 is 5.32 Å². The van der Waals surface area contributed by atoms with Crippen LogP contribution in [0.5, 0.6) is 0 Å². The van der Waals surface area contributed by atoms with Gasteiger partial charge in [-0.25, -0.2) is 9.97 Å². The van der Waals surface area contributed by atoms with E-state index in [0.717, 1.165) is 70.7 Å². The Labute approximate surface area is 209 Å². The number of nitrogens with zero attached hydrogens (tertiary/aromatic N) is 4. The molecule has 1 fully saturated rings. The van der Waals surface area contributed by atoms with Gasteiger partial charge in [-0.1, -0.05) is 41.7 Å². The zero-order valence-electron chi connectivity index (χ0n) is 20.0. The molecule has 5 rings (SSSR count). The number of morpholine rings is 1. The van der Waals surface area contributed by atoms with E-state index in [0.29, 0.717) is 0 Å². The Morgan fingerprint density at radius 3 is 2.89 bits per heavy atom. The molecule has 1 saturated heterocycles. The van der Waals surface area contributed by atoms with Crippen molar-refractivity contribution >= 4 is 33.3 Å². The van der Waals surface area contributed by atoms with Gasteiger partial charge in [-0.15, -0.1) is 0 Å². The number of para-hydroxylation sites is 1. The first-order valence-electron chi connectivity index (χ1n) is 11.8. The van der Waals surface area contributed by atoms with E-state index in [-0.39, 0.29) is 11.8 Å². The molecular weight excluding hydrogens is 458 g/mol. The van der Waals surface area contributed by atoms with Crippen molar-refractivity contribution in [2.24, 2.45) is 5.92 Å². The molecule has 0 spiro atoms. The highest BCUT2D eigenvalue weighted by atomic mass is 32.1. The lowest BCUT2D eigenvalue weighted by Crippen LogP contribution is -2.35. The van der Waals surface area contributed by atoms with Gasteiger partial charge < -0.3 is 15.0 Å². The summed E-state index contributed by atoms with van der Waals surface area (Å²) in [6.07, 6.45) is 11.7. The molecule has 1 amide bonds. The maximum absolute atomic E-state index is 13.2. The molecule has 7 nitrogen and oxygen atoms in total. The molecular formula is C27H29N5O2S. The van der Waals surface area contributed by atoms with Gasteiger partial charge in [0, 0.05) is 51.2 Å². The van der Waals surface area contributed by atoms with Crippen molar-refractivity contribution in [3.8, 4) is 10.6 Å². The van der Waals surface area contributed by atoms with Crippen molar-refractivity contribution in [2.75, 3.05) is 45.7 Å². The van der Waals surface area contributed by atoms with Crippen LogP contribution in [-0.2, 0) is 16.1 Å². The fraction of sp³-hybridized carbons (Fsp3) is 0.296. The van der Waals surface area contributed by atoms with E-state index >= 15 is 0 Å². The van der Waals surface area contributed by atoms with Crippen molar-refractivity contribution < 1.29 is 9.53 Å². The van der Waals surface area contributed by atoms with Crippen LogP contribution in [0.2, 0.25) is 0 Å². The summed E-state index contributed by atoms with van der Waals surface area (Å²) in [5.74, 6) is -0.445. The van der Waals surface area contributed by atoms with Gasteiger partial charge in [-0.2, -0.15) is 0 Å². The normalized spacial score (nSPS) is 18.3. The van der Waals surface area contributed by atoms with E-state index in [9.17, 15) is 4.79 Å². The third-order valence-electron chi connectivity index (χ3n) is 6.10. The Kier molecular flexibility index (Phi) is 7.03. The lowest BCUT2D eigenvalue weighted by Gasteiger charge is -2.26. The molecule has 0 saturated carbocycles. The van der Waals surface area contributed by atoms with Crippen LogP contribution in [0.1, 0.15) is 5.56 Å². The lowest BCUT2D eigenvalue weighted by atomic mass is 10.1. The zero-order chi connectivity index (χ0) is 24.2. The Balaban J connectivity index is 1.38. The summed E-state index contributed by atoms with van der Waals surface area (Å²) in [6.45, 7) is 4.27. The molecule has 1 aliphatic heterocycles. The molecule has 3 heterocycles. The number of rotatable bonds is 6. The molecule has 3 aromatic rings. The van der Waals surface area contributed by atoms with Gasteiger partial charge in [-0.3, -0.25) is 9.69 Å². The summed E-state index contributed by atoms with van der Waals surface area (Å²) in [7, 11) is 3.94. The minimum absolute atomic E-state index is 0.0798. The first kappa shape index (κ1) is 23.4. The number of benzene rings is 1. The topological polar surface area (TPSA) is 70.6 Å². The molecule has 8 heteroatoms. The smallest absolute Gasteiger partial charge is 0.235 e. The summed E-state index contributed by atoms with van der Waals surface area (Å²) in [4.78, 5) is 28.0. The molecule has 1 unspecified atom stereocenters. The van der Waals surface area contributed by atoms with Gasteiger partial charge in [0.15, 0.2) is 0 Å². The first-order chi connectivity index (χ1) is 17.1. The van der Waals surface area contributed by atoms with Crippen molar-refractivity contribution in [2.45, 2.75) is 6.54 Å². The third kappa shape index (κ3) is 5.51. The average molecular weight is 488 g/mol. The number of carbonyl (C=O) groups excluding carboxylic acids is 1. The number of carbonyl (C=O) groups is 1. The van der Waals surface area contributed by atoms with Gasteiger partial charge in [0.2, 0.25) is 5.91 Å². The number of pyridine rings is 1. The number of anilines is 1. The van der Waals surface area contributed by atoms with Crippen LogP contribution in [0.4, 0.5) is 5.69 Å². The van der Waals surface area contributed by atoms with Crippen molar-refractivity contribution in [3.05, 3.63) is 78.2 Å². The van der Waals surface area contributed by atoms with Gasteiger partial charge in [-0.05, 0) is 35.9 Å². The van der Waals surface area contributed by atoms with Crippen LogP contribution in [-0.4, -0.2) is 66.1 Å². The van der Waals surface area contributed by atoms with Crippen LogP contribution in [0.15, 0.2) is 72.6 Å². The highest BCUT2D eigenvalue weighted by molar-refractivity contribution is 7.21. The van der Waals surface area contributed by atoms with Crippen LogP contribution >= 0.6 is 11.3 Å². The second kappa shape index (κ2) is 10.5. The molecule has 2 aromatic heterocycles. The number of hydrogen-bond donors (Lipinski definition) is 1. The summed E-state index contributed by atoms with van der Waals surface area (Å²) in [6, 6.07) is 9.93. The van der Waals surface area contributed by atoms with Crippen molar-refractivity contribution in [1.29, 1.82) is 0 Å². The number of hydrogen-bond acceptors (Lipinski definition) is 7. The number of aromatic nitrogens is 2. The molecule has 0 bridgehead atoms. The number of nitrogens with one attached hydrogen (secondary N) is 1. The van der Waals surface area contributed by atoms with E-state index in [2.05, 4.69) is 21.3 Å². The highest BCUT2D eigenvalue weighted by Crippen LogP contribution is 2.34. The predicted octanol–water partition coefficient (Wildman–Crippen LogP) is 4.32. The third-order valence-corrected chi connectivity index (χ3v) is 7.11. The maximum atomic E-state index is 13.2. The van der Waals surface area contributed by atoms with Gasteiger partial charge >= 0.3 is 0 Å². The fourth-order valence-corrected chi connectivity index (χ4v) is 5.10. The maximum Gasteiger partial charge on any atom is 0.235 e. The molecule has 0 radical (unpaired) electrons. The second-order valence-corrected chi connectivity index (χ2v) is 9.84. The van der Waals surface area contributed by atoms with Gasteiger partial charge in [0.1, 0.15) is 15.4 Å². The zero-order valence-corrected chi connectivity index (χ0v) is 20.8. The summed E-state index contributed by atoms with van der Waals surface area (Å²) < 4.78 is 5.45. The summed E-state index contributed by atoms with van der Waals surface area (Å²) in [5, 5.41) is 3.96. The van der Waals surface area contributed by atoms with Crippen molar-refractivity contribution in [1.82, 2.24) is 19.8 Å². The fourth-order valence-electron chi connectivity index (χ4n) is 4.17. The monoisotopic (exact) mass is 487 g/mol. The first-order valence-corrected chi connectivity index (χ1v) is 12.6. The van der Waals surface area contributed by atoms with E-state index < -0.39 is 0 Å². The summed E-state index contributed by atoms with van der Waals surface area (Å²) >= 11 is 1.54. The van der Waals surface area contributed by atoms with E-state index in [1.807, 2.05) is 79.8 Å². The molecule has 1 N–H and O–H groups in total. The SMILES string of the molecule is CN(C)C1=CC(C(=O)Nc2ccccc2-c2nc3cc(CN4CCOCC4)cnc3s2)C=CC=C1. The highest BCUT2D eigenvalue weighted by Gasteiger charge is 2.19. The Morgan fingerprint density at radius 2 is 2.06 bits per heavy atom. The number of thiazole rings is 1. The molecule has 35 heavy (non-hydrogen) atoms. The van der Waals surface area contributed by atoms with E-state index in [1.165, 1.54) is 11.3 Å². The average Bonchev–Trinajstić information content (AvgIpc) is 3.11. The number of likely N-dealkylation sites (N-methyl/N-ethyl adjacent to an activating group) is 1. The minimum atomic E-state index is -0.366. The van der Waals surface area contributed by atoms with Gasteiger partial charge in [0.05, 0.1) is 24.8 Å². The minimum Gasteiger partial charge on any atom is -0.379 e. The van der Waals surface area contributed by atoms with Gasteiger partial charge in [0.25, 0.3) is 0 Å². The molecule has 1 aliphatic carbocycles. The second-order valence-electron chi connectivity index (χ2n) is 8.87. The summed E-state index contributed by atoms with van der Waals surface area (Å²) in [5.41, 5.74) is 4.67. The number of fused-ring (bicyclic) bond motifs is 1. The molecule has 2 aliphatic rings. The van der Waals surface area contributed by atoms with Crippen LogP contribution in [0, 0.1) is 5.92 Å². The van der Waals surface area contributed by atoms with Crippen LogP contribution in [0.25, 0.3) is 20.9 Å². The molecule has 180 valence electrons. The van der Waals surface area contributed by atoms with Crippen molar-refractivity contribution in [3.63, 3.8) is 0 Å². The number of amides is 1. The lowest BCUT2D eigenvalue weighted by molar-refractivity contribution is -0.117. The number of ether oxygens (including phenoxy) is 1. The standard InChI is InChI=1S/C27H29N5O2S/c1-31(2)21-8-4-3-7-20(16-21)25(33)29-23-10-6-5-9-22(23)26-30-24-15-19(17-28-27(24)35-26)18-32-11-13-34-14-12-32/h3-10,15-17,20H,11-14,18H2,1-2H3,(H,29,33). The predicted molar refractivity (Wildman–Crippen MR) is 141 cm³/mol. The Morgan fingerprint density at radius 1 is 1.23 bits per heavy atom. The van der Waals surface area contributed by atoms with Crippen LogP contribution in [0.3, 0.4) is 0 Å². The molecule has 1 aromatic carbocycles. The largest absolute Gasteiger partial charge is 0.379 e. The van der Waals surface area contributed by atoms with E-state index in [4.69, 9.17) is 9.72 Å².